The van der Waals surface area contributed by atoms with Crippen LogP contribution in [-0.2, 0) is 5.41 Å². The van der Waals surface area contributed by atoms with Gasteiger partial charge >= 0.3 is 0 Å². The molecule has 2 rings (SSSR count). The predicted molar refractivity (Wildman–Crippen MR) is 76.2 cm³/mol. The van der Waals surface area contributed by atoms with Crippen molar-refractivity contribution in [3.63, 3.8) is 0 Å². The number of anilines is 1. The lowest BCUT2D eigenvalue weighted by atomic mass is 9.92. The van der Waals surface area contributed by atoms with Gasteiger partial charge in [-0.3, -0.25) is 0 Å². The Labute approximate surface area is 113 Å². The van der Waals surface area contributed by atoms with Gasteiger partial charge in [0.2, 0.25) is 5.88 Å². The molecule has 0 atom stereocenters. The Hall–Kier alpha value is -2.04. The van der Waals surface area contributed by atoms with Gasteiger partial charge in [-0.25, -0.2) is 9.67 Å². The second kappa shape index (κ2) is 4.91. The highest BCUT2D eigenvalue weighted by Gasteiger charge is 2.20. The van der Waals surface area contributed by atoms with Crippen LogP contribution in [0.3, 0.4) is 0 Å². The van der Waals surface area contributed by atoms with E-state index < -0.39 is 0 Å². The molecule has 0 aliphatic heterocycles. The molecule has 2 aromatic rings. The summed E-state index contributed by atoms with van der Waals surface area (Å²) in [5.41, 5.74) is 1.95. The maximum atomic E-state index is 5.06. The fourth-order valence-electron chi connectivity index (χ4n) is 1.74. The zero-order valence-corrected chi connectivity index (χ0v) is 12.1. The highest BCUT2D eigenvalue weighted by atomic mass is 16.5. The summed E-state index contributed by atoms with van der Waals surface area (Å²) in [5.74, 6) is 1.54. The molecule has 2 aromatic heterocycles. The van der Waals surface area contributed by atoms with Crippen molar-refractivity contribution in [1.82, 2.24) is 14.8 Å². The van der Waals surface area contributed by atoms with E-state index in [4.69, 9.17) is 4.74 Å². The van der Waals surface area contributed by atoms with E-state index in [1.807, 2.05) is 23.9 Å². The first-order valence-corrected chi connectivity index (χ1v) is 6.24. The molecule has 102 valence electrons. The van der Waals surface area contributed by atoms with Crippen molar-refractivity contribution in [2.45, 2.75) is 26.2 Å². The summed E-state index contributed by atoms with van der Waals surface area (Å²) in [5, 5.41) is 7.81. The van der Waals surface area contributed by atoms with Gasteiger partial charge in [0.15, 0.2) is 0 Å². The lowest BCUT2D eigenvalue weighted by Crippen LogP contribution is -2.12. The highest BCUT2D eigenvalue weighted by Crippen LogP contribution is 2.26. The molecule has 0 amide bonds. The van der Waals surface area contributed by atoms with Crippen LogP contribution in [-0.4, -0.2) is 28.9 Å². The molecule has 1 N–H and O–H groups in total. The lowest BCUT2D eigenvalue weighted by molar-refractivity contribution is 0.397. The Morgan fingerprint density at radius 2 is 2.00 bits per heavy atom. The smallest absolute Gasteiger partial charge is 0.213 e. The number of hydrogen-bond acceptors (Lipinski definition) is 4. The van der Waals surface area contributed by atoms with Gasteiger partial charge < -0.3 is 10.1 Å². The Balaban J connectivity index is 2.45. The van der Waals surface area contributed by atoms with Gasteiger partial charge in [0.25, 0.3) is 0 Å². The Kier molecular flexibility index (Phi) is 3.46. The summed E-state index contributed by atoms with van der Waals surface area (Å²) in [6.07, 6.45) is 1.75. The van der Waals surface area contributed by atoms with E-state index in [0.717, 1.165) is 17.2 Å². The number of rotatable bonds is 3. The zero-order valence-electron chi connectivity index (χ0n) is 12.1. The van der Waals surface area contributed by atoms with Crippen molar-refractivity contribution in [3.05, 3.63) is 30.1 Å². The second-order valence-corrected chi connectivity index (χ2v) is 5.39. The molecule has 0 aliphatic rings. The van der Waals surface area contributed by atoms with Crippen molar-refractivity contribution >= 4 is 5.82 Å². The minimum absolute atomic E-state index is 0.0107. The van der Waals surface area contributed by atoms with Gasteiger partial charge in [-0.2, -0.15) is 5.10 Å². The van der Waals surface area contributed by atoms with E-state index in [0.29, 0.717) is 5.88 Å². The maximum absolute atomic E-state index is 5.06. The lowest BCUT2D eigenvalue weighted by Gasteiger charge is -2.14. The number of pyridine rings is 1. The Morgan fingerprint density at radius 3 is 2.47 bits per heavy atom. The number of nitrogens with one attached hydrogen (secondary N) is 1. The fourth-order valence-corrected chi connectivity index (χ4v) is 1.74. The number of methoxy groups -OCH3 is 1. The van der Waals surface area contributed by atoms with E-state index in [1.165, 1.54) is 0 Å². The summed E-state index contributed by atoms with van der Waals surface area (Å²) in [7, 11) is 3.49. The number of aromatic nitrogens is 3. The minimum atomic E-state index is 0.0107. The molecule has 0 unspecified atom stereocenters. The number of nitrogens with zero attached hydrogens (tertiary/aromatic N) is 3. The van der Waals surface area contributed by atoms with Gasteiger partial charge in [0.1, 0.15) is 5.82 Å². The van der Waals surface area contributed by atoms with Crippen LogP contribution in [0.15, 0.2) is 24.4 Å². The minimum Gasteiger partial charge on any atom is -0.481 e. The third-order valence-corrected chi connectivity index (χ3v) is 2.91. The fraction of sp³-hybridized carbons (Fsp3) is 0.429. The van der Waals surface area contributed by atoms with E-state index in [9.17, 15) is 0 Å². The van der Waals surface area contributed by atoms with Crippen LogP contribution in [0.5, 0.6) is 5.88 Å². The van der Waals surface area contributed by atoms with E-state index >= 15 is 0 Å². The number of ether oxygens (including phenoxy) is 1. The van der Waals surface area contributed by atoms with Crippen molar-refractivity contribution in [3.8, 4) is 11.6 Å². The molecule has 0 fully saturated rings. The molecule has 0 radical (unpaired) electrons. The van der Waals surface area contributed by atoms with Crippen LogP contribution in [0.4, 0.5) is 5.82 Å². The Bertz CT molecular complexity index is 552. The molecule has 5 heteroatoms. The summed E-state index contributed by atoms with van der Waals surface area (Å²) in [6, 6.07) is 5.82. The maximum Gasteiger partial charge on any atom is 0.213 e. The average molecular weight is 260 g/mol. The molecule has 19 heavy (non-hydrogen) atoms. The molecule has 0 saturated carbocycles. The zero-order chi connectivity index (χ0) is 14.0. The Morgan fingerprint density at radius 1 is 1.26 bits per heavy atom. The molecular formula is C14H20N4O. The van der Waals surface area contributed by atoms with Crippen molar-refractivity contribution in [1.29, 1.82) is 0 Å². The molecule has 2 heterocycles. The third kappa shape index (κ3) is 2.70. The average Bonchev–Trinajstić information content (AvgIpc) is 2.83. The summed E-state index contributed by atoms with van der Waals surface area (Å²) in [6.45, 7) is 6.43. The largest absolute Gasteiger partial charge is 0.481 e. The monoisotopic (exact) mass is 260 g/mol. The predicted octanol–water partition coefficient (Wildman–Crippen LogP) is 2.62. The quantitative estimate of drug-likeness (QED) is 0.921. The molecule has 0 spiro atoms. The number of hydrogen-bond donors (Lipinski definition) is 1. The van der Waals surface area contributed by atoms with Crippen LogP contribution in [0, 0.1) is 0 Å². The molecule has 0 saturated heterocycles. The first kappa shape index (κ1) is 13.4. The third-order valence-electron chi connectivity index (χ3n) is 2.91. The molecule has 5 nitrogen and oxygen atoms in total. The van der Waals surface area contributed by atoms with Crippen LogP contribution in [0.1, 0.15) is 26.5 Å². The van der Waals surface area contributed by atoms with Crippen LogP contribution < -0.4 is 10.1 Å². The van der Waals surface area contributed by atoms with Crippen molar-refractivity contribution in [2.24, 2.45) is 0 Å². The van der Waals surface area contributed by atoms with Crippen LogP contribution in [0.25, 0.3) is 5.69 Å². The van der Waals surface area contributed by atoms with Crippen molar-refractivity contribution < 1.29 is 4.74 Å². The topological polar surface area (TPSA) is 52.0 Å². The summed E-state index contributed by atoms with van der Waals surface area (Å²) in [4.78, 5) is 4.21. The highest BCUT2D eigenvalue weighted by molar-refractivity contribution is 5.46. The van der Waals surface area contributed by atoms with E-state index in [1.54, 1.807) is 13.3 Å². The van der Waals surface area contributed by atoms with Gasteiger partial charge in [0.05, 0.1) is 24.7 Å². The van der Waals surface area contributed by atoms with E-state index in [2.05, 4.69) is 42.2 Å². The normalized spacial score (nSPS) is 11.4. The standard InChI is InChI=1S/C14H20N4O/c1-14(2,3)11-8-12(15-4)18(17-11)10-6-7-13(19-5)16-9-10/h6-9,15H,1-5H3. The SMILES string of the molecule is CNc1cc(C(C)(C)C)nn1-c1ccc(OC)nc1. The van der Waals surface area contributed by atoms with Gasteiger partial charge in [-0.05, 0) is 6.07 Å². The van der Waals surface area contributed by atoms with Gasteiger partial charge in [0, 0.05) is 24.6 Å². The molecule has 0 bridgehead atoms. The van der Waals surface area contributed by atoms with Gasteiger partial charge in [-0.15, -0.1) is 0 Å². The summed E-state index contributed by atoms with van der Waals surface area (Å²) < 4.78 is 6.92. The van der Waals surface area contributed by atoms with Gasteiger partial charge in [-0.1, -0.05) is 20.8 Å². The summed E-state index contributed by atoms with van der Waals surface area (Å²) >= 11 is 0. The molecular weight excluding hydrogens is 240 g/mol. The second-order valence-electron chi connectivity index (χ2n) is 5.39. The molecule has 0 aliphatic carbocycles. The van der Waals surface area contributed by atoms with E-state index in [-0.39, 0.29) is 5.41 Å². The van der Waals surface area contributed by atoms with Crippen molar-refractivity contribution in [2.75, 3.05) is 19.5 Å². The first-order valence-electron chi connectivity index (χ1n) is 6.24. The first-order chi connectivity index (χ1) is 8.95. The van der Waals surface area contributed by atoms with Crippen LogP contribution in [0.2, 0.25) is 0 Å². The molecule has 0 aromatic carbocycles. The van der Waals surface area contributed by atoms with Crippen LogP contribution >= 0.6 is 0 Å².